The Kier molecular flexibility index (Phi) is 5.06. The summed E-state index contributed by atoms with van der Waals surface area (Å²) in [6.45, 7) is 0. The van der Waals surface area contributed by atoms with Gasteiger partial charge in [-0.1, -0.05) is 97.1 Å². The normalized spacial score (nSPS) is 12.1. The van der Waals surface area contributed by atoms with E-state index >= 15 is 0 Å². The van der Waals surface area contributed by atoms with E-state index < -0.39 is 0 Å². The predicted molar refractivity (Wildman–Crippen MR) is 191 cm³/mol. The van der Waals surface area contributed by atoms with E-state index in [2.05, 4.69) is 133 Å². The van der Waals surface area contributed by atoms with E-state index in [0.717, 1.165) is 32.2 Å². The van der Waals surface area contributed by atoms with Crippen molar-refractivity contribution in [2.75, 3.05) is 0 Å². The van der Waals surface area contributed by atoms with Crippen LogP contribution in [0.5, 0.6) is 0 Å². The lowest BCUT2D eigenvalue weighted by atomic mass is 10.0. The highest BCUT2D eigenvalue weighted by Gasteiger charge is 2.13. The van der Waals surface area contributed by atoms with Crippen LogP contribution < -0.4 is 0 Å². The summed E-state index contributed by atoms with van der Waals surface area (Å²) in [7, 11) is 0. The molecule has 4 heteroatoms. The number of nitrogens with zero attached hydrogens (tertiary/aromatic N) is 2. The van der Waals surface area contributed by atoms with E-state index in [9.17, 15) is 0 Å². The number of hydrogen-bond donors (Lipinski definition) is 0. The van der Waals surface area contributed by atoms with Crippen molar-refractivity contribution in [3.63, 3.8) is 0 Å². The van der Waals surface area contributed by atoms with Gasteiger partial charge in [0.15, 0.2) is 0 Å². The summed E-state index contributed by atoms with van der Waals surface area (Å²) in [4.78, 5) is 10.2. The molecule has 0 aliphatic rings. The molecule has 204 valence electrons. The fourth-order valence-corrected chi connectivity index (χ4v) is 8.62. The maximum absolute atomic E-state index is 5.09. The van der Waals surface area contributed by atoms with E-state index in [0.29, 0.717) is 0 Å². The van der Waals surface area contributed by atoms with E-state index in [1.165, 1.54) is 63.3 Å². The van der Waals surface area contributed by atoms with Gasteiger partial charge in [-0.05, 0) is 90.3 Å². The van der Waals surface area contributed by atoms with Gasteiger partial charge in [0, 0.05) is 11.1 Å². The summed E-state index contributed by atoms with van der Waals surface area (Å²) in [6.07, 6.45) is 0. The maximum atomic E-state index is 5.09. The van der Waals surface area contributed by atoms with Crippen LogP contribution >= 0.6 is 22.7 Å². The van der Waals surface area contributed by atoms with Crippen LogP contribution in [0.2, 0.25) is 0 Å². The molecule has 0 amide bonds. The highest BCUT2D eigenvalue weighted by molar-refractivity contribution is 7.22. The number of hydrogen-bond acceptors (Lipinski definition) is 4. The molecule has 10 rings (SSSR count). The molecular weight excluding hydrogens is 573 g/mol. The molecule has 8 aromatic carbocycles. The minimum Gasteiger partial charge on any atom is -0.236 e. The summed E-state index contributed by atoms with van der Waals surface area (Å²) in [5.74, 6) is 0. The van der Waals surface area contributed by atoms with Gasteiger partial charge in [-0.2, -0.15) is 0 Å². The molecule has 2 aromatic heterocycles. The van der Waals surface area contributed by atoms with E-state index in [1.807, 2.05) is 0 Å². The zero-order valence-corrected chi connectivity index (χ0v) is 25.0. The molecule has 0 aliphatic carbocycles. The lowest BCUT2D eigenvalue weighted by molar-refractivity contribution is 1.48. The van der Waals surface area contributed by atoms with Crippen LogP contribution in [-0.2, 0) is 0 Å². The second-order valence-electron chi connectivity index (χ2n) is 11.5. The first-order chi connectivity index (χ1) is 21.7. The fourth-order valence-electron chi connectivity index (χ4n) is 6.63. The molecular formula is C40H22N2S2. The third-order valence-electron chi connectivity index (χ3n) is 8.84. The fraction of sp³-hybridized carbons (Fsp3) is 0. The highest BCUT2D eigenvalue weighted by atomic mass is 32.1. The number of benzene rings is 8. The quantitative estimate of drug-likeness (QED) is 0.186. The second kappa shape index (κ2) is 9.17. The van der Waals surface area contributed by atoms with Crippen LogP contribution in [-0.4, -0.2) is 9.97 Å². The maximum Gasteiger partial charge on any atom is 0.124 e. The molecule has 0 aliphatic heterocycles. The zero-order chi connectivity index (χ0) is 28.8. The Morgan fingerprint density at radius 2 is 0.773 bits per heavy atom. The average Bonchev–Trinajstić information content (AvgIpc) is 3.69. The highest BCUT2D eigenvalue weighted by Crippen LogP contribution is 2.39. The van der Waals surface area contributed by atoms with E-state index in [-0.39, 0.29) is 0 Å². The SMILES string of the molecule is c1ccc2c(c1)ccc1cc(-c3nc4cc5cc6sc(-c7ccc8c(ccc9ccccc98)c7)nc6cc5cc4s3)ccc12. The smallest absolute Gasteiger partial charge is 0.124 e. The molecule has 2 nitrogen and oxygen atoms in total. The Morgan fingerprint density at radius 1 is 0.341 bits per heavy atom. The first-order valence-corrected chi connectivity index (χ1v) is 16.4. The Hall–Kier alpha value is -5.16. The lowest BCUT2D eigenvalue weighted by Crippen LogP contribution is -1.81. The molecule has 0 N–H and O–H groups in total. The molecule has 0 fully saturated rings. The molecule has 0 saturated carbocycles. The number of rotatable bonds is 2. The molecule has 10 aromatic rings. The Labute approximate surface area is 260 Å². The first kappa shape index (κ1) is 24.3. The van der Waals surface area contributed by atoms with Crippen LogP contribution in [0.25, 0.3) is 95.4 Å². The molecule has 0 radical (unpaired) electrons. The monoisotopic (exact) mass is 594 g/mol. The van der Waals surface area contributed by atoms with Crippen LogP contribution in [0.15, 0.2) is 133 Å². The van der Waals surface area contributed by atoms with Crippen molar-refractivity contribution in [2.24, 2.45) is 0 Å². The Morgan fingerprint density at radius 3 is 1.27 bits per heavy atom. The summed E-state index contributed by atoms with van der Waals surface area (Å²) in [5, 5.41) is 14.7. The van der Waals surface area contributed by atoms with Gasteiger partial charge in [-0.3, -0.25) is 0 Å². The Balaban J connectivity index is 1.04. The van der Waals surface area contributed by atoms with Crippen molar-refractivity contribution >= 4 is 97.0 Å². The van der Waals surface area contributed by atoms with Gasteiger partial charge in [0.2, 0.25) is 0 Å². The third kappa shape index (κ3) is 3.72. The van der Waals surface area contributed by atoms with Gasteiger partial charge in [0.25, 0.3) is 0 Å². The second-order valence-corrected chi connectivity index (χ2v) is 13.5. The molecule has 0 bridgehead atoms. The van der Waals surface area contributed by atoms with Crippen LogP contribution in [0.4, 0.5) is 0 Å². The number of fused-ring (bicyclic) bond motifs is 9. The minimum absolute atomic E-state index is 1.04. The van der Waals surface area contributed by atoms with E-state index in [4.69, 9.17) is 9.97 Å². The van der Waals surface area contributed by atoms with Gasteiger partial charge in [0.1, 0.15) is 10.0 Å². The largest absolute Gasteiger partial charge is 0.236 e. The van der Waals surface area contributed by atoms with Crippen LogP contribution in [0, 0.1) is 0 Å². The summed E-state index contributed by atoms with van der Waals surface area (Å²) < 4.78 is 2.39. The third-order valence-corrected chi connectivity index (χ3v) is 11.0. The van der Waals surface area contributed by atoms with Crippen molar-refractivity contribution in [1.82, 2.24) is 9.97 Å². The molecule has 0 unspecified atom stereocenters. The summed E-state index contributed by atoms with van der Waals surface area (Å²) in [6, 6.07) is 48.5. The summed E-state index contributed by atoms with van der Waals surface area (Å²) >= 11 is 3.52. The van der Waals surface area contributed by atoms with Gasteiger partial charge in [-0.25, -0.2) is 9.97 Å². The predicted octanol–water partition coefficient (Wildman–Crippen LogP) is 12.0. The van der Waals surface area contributed by atoms with Crippen molar-refractivity contribution in [3.05, 3.63) is 133 Å². The van der Waals surface area contributed by atoms with Gasteiger partial charge >= 0.3 is 0 Å². The molecule has 0 saturated heterocycles. The van der Waals surface area contributed by atoms with Gasteiger partial charge in [-0.15, -0.1) is 22.7 Å². The number of thiazole rings is 2. The first-order valence-electron chi connectivity index (χ1n) is 14.7. The van der Waals surface area contributed by atoms with E-state index in [1.54, 1.807) is 22.7 Å². The topological polar surface area (TPSA) is 25.8 Å². The molecule has 2 heterocycles. The average molecular weight is 595 g/mol. The van der Waals surface area contributed by atoms with Crippen LogP contribution in [0.3, 0.4) is 0 Å². The molecule has 0 atom stereocenters. The van der Waals surface area contributed by atoms with Crippen molar-refractivity contribution < 1.29 is 0 Å². The Bertz CT molecular complexity index is 2530. The number of aromatic nitrogens is 2. The van der Waals surface area contributed by atoms with Crippen molar-refractivity contribution in [3.8, 4) is 21.1 Å². The standard InChI is InChI=1S/C40H22N2S2/c1-3-7-31-23(5-1)9-11-25-17-27(13-15-33(25)31)39-41-35-19-29-22-38-36(20-30(29)21-37(35)43-39)42-40(44-38)28-14-16-34-26(18-28)12-10-24-6-2-4-8-32(24)34/h1-22H. The van der Waals surface area contributed by atoms with Crippen LogP contribution in [0.1, 0.15) is 0 Å². The lowest BCUT2D eigenvalue weighted by Gasteiger charge is -2.05. The summed E-state index contributed by atoms with van der Waals surface area (Å²) in [5.41, 5.74) is 4.41. The van der Waals surface area contributed by atoms with Gasteiger partial charge in [0.05, 0.1) is 20.4 Å². The molecule has 0 spiro atoms. The van der Waals surface area contributed by atoms with Gasteiger partial charge < -0.3 is 0 Å². The van der Waals surface area contributed by atoms with Crippen molar-refractivity contribution in [2.45, 2.75) is 0 Å². The molecule has 44 heavy (non-hydrogen) atoms. The minimum atomic E-state index is 1.04. The van der Waals surface area contributed by atoms with Crippen molar-refractivity contribution in [1.29, 1.82) is 0 Å². The zero-order valence-electron chi connectivity index (χ0n) is 23.4.